The highest BCUT2D eigenvalue weighted by Gasteiger charge is 2.33. The van der Waals surface area contributed by atoms with Gasteiger partial charge in [0.25, 0.3) is 0 Å². The van der Waals surface area contributed by atoms with E-state index in [-0.39, 0.29) is 18.0 Å². The number of fused-ring (bicyclic) bond motifs is 1. The van der Waals surface area contributed by atoms with Crippen LogP contribution in [-0.2, 0) is 20.9 Å². The summed E-state index contributed by atoms with van der Waals surface area (Å²) in [6.45, 7) is 8.34. The van der Waals surface area contributed by atoms with Gasteiger partial charge < -0.3 is 9.47 Å². The quantitative estimate of drug-likeness (QED) is 0.790. The number of aromatic nitrogens is 2. The molecule has 6 heteroatoms. The van der Waals surface area contributed by atoms with Crippen LogP contribution in [-0.4, -0.2) is 22.3 Å². The lowest BCUT2D eigenvalue weighted by atomic mass is 9.85. The SMILES string of the molecule is CC1=C(C)C2C=CC(OCc3nnc(C(C)C)s3)=CC2OC1=O. The van der Waals surface area contributed by atoms with Crippen LogP contribution in [0, 0.1) is 5.92 Å². The first kappa shape index (κ1) is 15.9. The van der Waals surface area contributed by atoms with Gasteiger partial charge in [0, 0.05) is 17.4 Å². The van der Waals surface area contributed by atoms with Crippen molar-refractivity contribution in [1.82, 2.24) is 10.2 Å². The van der Waals surface area contributed by atoms with Crippen LogP contribution in [0.5, 0.6) is 0 Å². The van der Waals surface area contributed by atoms with Crippen LogP contribution in [0.2, 0.25) is 0 Å². The van der Waals surface area contributed by atoms with Crippen LogP contribution in [0.3, 0.4) is 0 Å². The lowest BCUT2D eigenvalue weighted by Gasteiger charge is -2.31. The maximum atomic E-state index is 11.8. The number of hydrogen-bond donors (Lipinski definition) is 0. The molecule has 1 aliphatic carbocycles. The summed E-state index contributed by atoms with van der Waals surface area (Å²) in [4.78, 5) is 11.8. The fourth-order valence-electron chi connectivity index (χ4n) is 2.55. The van der Waals surface area contributed by atoms with Crippen molar-refractivity contribution >= 4 is 17.3 Å². The Labute approximate surface area is 139 Å². The number of hydrogen-bond acceptors (Lipinski definition) is 6. The molecule has 2 unspecified atom stereocenters. The van der Waals surface area contributed by atoms with E-state index in [0.717, 1.165) is 15.6 Å². The van der Waals surface area contributed by atoms with Crippen molar-refractivity contribution in [2.24, 2.45) is 5.92 Å². The molecule has 5 nitrogen and oxygen atoms in total. The third-order valence-corrected chi connectivity index (χ3v) is 5.33. The van der Waals surface area contributed by atoms with Gasteiger partial charge in [0.15, 0.2) is 5.01 Å². The number of carbonyl (C=O) groups excluding carboxylic acids is 1. The van der Waals surface area contributed by atoms with Crippen molar-refractivity contribution < 1.29 is 14.3 Å². The van der Waals surface area contributed by atoms with E-state index >= 15 is 0 Å². The van der Waals surface area contributed by atoms with Crippen LogP contribution in [0.25, 0.3) is 0 Å². The lowest BCUT2D eigenvalue weighted by Crippen LogP contribution is -2.33. The van der Waals surface area contributed by atoms with Gasteiger partial charge in [0.2, 0.25) is 0 Å². The first-order valence-electron chi connectivity index (χ1n) is 7.69. The molecule has 1 aromatic rings. The fraction of sp³-hybridized carbons (Fsp3) is 0.471. The Morgan fingerprint density at radius 3 is 2.83 bits per heavy atom. The Morgan fingerprint density at radius 2 is 2.13 bits per heavy atom. The summed E-state index contributed by atoms with van der Waals surface area (Å²) < 4.78 is 11.2. The normalized spacial score (nSPS) is 23.7. The molecule has 0 bridgehead atoms. The van der Waals surface area contributed by atoms with E-state index in [9.17, 15) is 4.79 Å². The van der Waals surface area contributed by atoms with Gasteiger partial charge in [-0.2, -0.15) is 0 Å². The number of ether oxygens (including phenoxy) is 2. The molecule has 1 aliphatic heterocycles. The van der Waals surface area contributed by atoms with E-state index in [1.54, 1.807) is 18.3 Å². The summed E-state index contributed by atoms with van der Waals surface area (Å²) in [5, 5.41) is 10.1. The zero-order valence-electron chi connectivity index (χ0n) is 13.7. The first-order chi connectivity index (χ1) is 11.0. The average molecular weight is 332 g/mol. The van der Waals surface area contributed by atoms with E-state index in [0.29, 0.717) is 23.9 Å². The smallest absolute Gasteiger partial charge is 0.334 e. The molecule has 0 spiro atoms. The standard InChI is InChI=1S/C17H20N2O3S/c1-9(2)16-19-18-15(23-16)8-21-12-5-6-13-10(3)11(4)17(20)22-14(13)7-12/h5-7,9,13-14H,8H2,1-4H3. The number of allylic oxidation sites excluding steroid dienone is 1. The van der Waals surface area contributed by atoms with Crippen molar-refractivity contribution in [3.63, 3.8) is 0 Å². The van der Waals surface area contributed by atoms with Gasteiger partial charge in [-0.3, -0.25) is 0 Å². The van der Waals surface area contributed by atoms with E-state index in [2.05, 4.69) is 24.0 Å². The second kappa shape index (κ2) is 6.28. The Hall–Kier alpha value is -1.95. The maximum Gasteiger partial charge on any atom is 0.334 e. The summed E-state index contributed by atoms with van der Waals surface area (Å²) in [5.41, 5.74) is 1.76. The molecule has 0 saturated carbocycles. The highest BCUT2D eigenvalue weighted by atomic mass is 32.1. The molecule has 2 atom stereocenters. The molecule has 0 fully saturated rings. The highest BCUT2D eigenvalue weighted by molar-refractivity contribution is 7.11. The van der Waals surface area contributed by atoms with Gasteiger partial charge in [-0.25, -0.2) is 4.79 Å². The Kier molecular flexibility index (Phi) is 4.35. The third kappa shape index (κ3) is 3.22. The molecule has 0 saturated heterocycles. The highest BCUT2D eigenvalue weighted by Crippen LogP contribution is 2.33. The van der Waals surface area contributed by atoms with E-state index in [1.165, 1.54) is 0 Å². The zero-order valence-corrected chi connectivity index (χ0v) is 14.5. The van der Waals surface area contributed by atoms with Gasteiger partial charge >= 0.3 is 5.97 Å². The molecule has 2 heterocycles. The second-order valence-electron chi connectivity index (χ2n) is 6.11. The van der Waals surface area contributed by atoms with E-state index < -0.39 is 0 Å². The molecule has 0 amide bonds. The minimum absolute atomic E-state index is 0.106. The topological polar surface area (TPSA) is 61.3 Å². The van der Waals surface area contributed by atoms with Crippen LogP contribution >= 0.6 is 11.3 Å². The van der Waals surface area contributed by atoms with Gasteiger partial charge in [-0.05, 0) is 26.0 Å². The zero-order chi connectivity index (χ0) is 16.6. The van der Waals surface area contributed by atoms with Gasteiger partial charge in [-0.1, -0.05) is 36.8 Å². The van der Waals surface area contributed by atoms with Crippen LogP contribution in [0.15, 0.2) is 35.1 Å². The first-order valence-corrected chi connectivity index (χ1v) is 8.50. The van der Waals surface area contributed by atoms with Crippen molar-refractivity contribution in [1.29, 1.82) is 0 Å². The second-order valence-corrected chi connectivity index (χ2v) is 7.20. The Morgan fingerprint density at radius 1 is 1.35 bits per heavy atom. The van der Waals surface area contributed by atoms with Crippen molar-refractivity contribution in [2.45, 2.75) is 46.3 Å². The lowest BCUT2D eigenvalue weighted by molar-refractivity contribution is -0.145. The van der Waals surface area contributed by atoms with E-state index in [4.69, 9.17) is 9.47 Å². The van der Waals surface area contributed by atoms with Gasteiger partial charge in [-0.15, -0.1) is 10.2 Å². The van der Waals surface area contributed by atoms with Crippen molar-refractivity contribution in [3.05, 3.63) is 45.1 Å². The summed E-state index contributed by atoms with van der Waals surface area (Å²) in [6.07, 6.45) is 5.54. The summed E-state index contributed by atoms with van der Waals surface area (Å²) in [5.74, 6) is 0.928. The molecule has 2 aliphatic rings. The minimum atomic E-state index is -0.285. The largest absolute Gasteiger partial charge is 0.487 e. The summed E-state index contributed by atoms with van der Waals surface area (Å²) in [7, 11) is 0. The molecule has 0 N–H and O–H groups in total. The van der Waals surface area contributed by atoms with Crippen LogP contribution in [0.4, 0.5) is 0 Å². The Balaban J connectivity index is 1.67. The molecule has 1 aromatic heterocycles. The van der Waals surface area contributed by atoms with Crippen molar-refractivity contribution in [2.75, 3.05) is 0 Å². The molecule has 122 valence electrons. The van der Waals surface area contributed by atoms with E-state index in [1.807, 2.05) is 25.2 Å². The molecule has 23 heavy (non-hydrogen) atoms. The fourth-order valence-corrected chi connectivity index (χ4v) is 3.31. The van der Waals surface area contributed by atoms with Crippen LogP contribution < -0.4 is 0 Å². The molecule has 0 radical (unpaired) electrons. The summed E-state index contributed by atoms with van der Waals surface area (Å²) in [6, 6.07) is 0. The van der Waals surface area contributed by atoms with Crippen LogP contribution in [0.1, 0.15) is 43.6 Å². The predicted molar refractivity (Wildman–Crippen MR) is 87.8 cm³/mol. The van der Waals surface area contributed by atoms with Crippen molar-refractivity contribution in [3.8, 4) is 0 Å². The van der Waals surface area contributed by atoms with Gasteiger partial charge in [0.1, 0.15) is 23.5 Å². The minimum Gasteiger partial charge on any atom is -0.487 e. The number of nitrogens with zero attached hydrogens (tertiary/aromatic N) is 2. The predicted octanol–water partition coefficient (Wildman–Crippen LogP) is 3.51. The number of esters is 1. The monoisotopic (exact) mass is 332 g/mol. The molecule has 3 rings (SSSR count). The number of carbonyl (C=O) groups is 1. The summed E-state index contributed by atoms with van der Waals surface area (Å²) >= 11 is 1.56. The maximum absolute atomic E-state index is 11.8. The third-order valence-electron chi connectivity index (χ3n) is 4.13. The Bertz CT molecular complexity index is 715. The number of rotatable bonds is 4. The molecule has 0 aromatic carbocycles. The van der Waals surface area contributed by atoms with Gasteiger partial charge in [0.05, 0.1) is 0 Å². The molecular formula is C17H20N2O3S. The molecular weight excluding hydrogens is 312 g/mol. The average Bonchev–Trinajstić information content (AvgIpc) is 3.00.